The van der Waals surface area contributed by atoms with E-state index in [0.29, 0.717) is 5.56 Å². The number of aromatic nitrogens is 2. The number of carbonyl (C=O) groups excluding carboxylic acids is 1. The average Bonchev–Trinajstić information content (AvgIpc) is 1.94. The second-order valence-corrected chi connectivity index (χ2v) is 2.14. The van der Waals surface area contributed by atoms with Gasteiger partial charge in [0.15, 0.2) is 0 Å². The Morgan fingerprint density at radius 3 is 2.91 bits per heavy atom. The van der Waals surface area contributed by atoms with Gasteiger partial charge in [-0.15, -0.1) is 0 Å². The van der Waals surface area contributed by atoms with Gasteiger partial charge in [0, 0.05) is 19.4 Å². The molecule has 5 heteroatoms. The van der Waals surface area contributed by atoms with Gasteiger partial charge in [-0.05, 0) is 0 Å². The van der Waals surface area contributed by atoms with E-state index in [1.165, 1.54) is 17.0 Å². The number of nitrogens with zero attached hydrogens (tertiary/aromatic N) is 2. The van der Waals surface area contributed by atoms with Crippen molar-refractivity contribution in [3.8, 4) is 0 Å². The molecule has 1 aromatic rings. The van der Waals surface area contributed by atoms with Gasteiger partial charge in [-0.1, -0.05) is 0 Å². The zero-order valence-electron chi connectivity index (χ0n) is 6.03. The molecule has 3 N–H and O–H groups in total. The third-order valence-electron chi connectivity index (χ3n) is 1.28. The molecule has 0 bridgehead atoms. The monoisotopic (exact) mass is 152 g/mol. The maximum absolute atomic E-state index is 10.6. The van der Waals surface area contributed by atoms with Crippen LogP contribution in [0.4, 0.5) is 0 Å². The topological polar surface area (TPSA) is 84.8 Å². The molecular formula is C6H8N4O. The van der Waals surface area contributed by atoms with Crippen LogP contribution in [-0.2, 0) is 7.05 Å². The molecular weight excluding hydrogens is 144 g/mol. The molecule has 0 aliphatic carbocycles. The molecule has 0 aliphatic heterocycles. The second-order valence-electron chi connectivity index (χ2n) is 2.14. The van der Waals surface area contributed by atoms with Crippen LogP contribution in [0.5, 0.6) is 0 Å². The highest BCUT2D eigenvalue weighted by atomic mass is 16.1. The second kappa shape index (κ2) is 2.53. The molecule has 58 valence electrons. The Labute approximate surface area is 63.0 Å². The predicted molar refractivity (Wildman–Crippen MR) is 37.6 cm³/mol. The van der Waals surface area contributed by atoms with Crippen LogP contribution in [-0.4, -0.2) is 15.5 Å². The van der Waals surface area contributed by atoms with E-state index in [2.05, 4.69) is 4.98 Å². The van der Waals surface area contributed by atoms with Crippen LogP contribution in [0, 0.1) is 5.41 Å². The van der Waals surface area contributed by atoms with Crippen LogP contribution in [0.2, 0.25) is 0 Å². The number of hydrogen-bond acceptors (Lipinski definition) is 3. The fraction of sp³-hybridized carbons (Fsp3) is 0.167. The van der Waals surface area contributed by atoms with Crippen LogP contribution >= 0.6 is 0 Å². The van der Waals surface area contributed by atoms with E-state index in [9.17, 15) is 4.79 Å². The third kappa shape index (κ3) is 1.43. The quantitative estimate of drug-likeness (QED) is 0.540. The highest BCUT2D eigenvalue weighted by Gasteiger charge is 1.99. The fourth-order valence-electron chi connectivity index (χ4n) is 0.652. The number of primary amides is 1. The lowest BCUT2D eigenvalue weighted by Crippen LogP contribution is -2.23. The standard InChI is InChI=1S/C6H8N4O/c1-10-3-4(5(7)11)2-9-6(10)8/h2-3,8H,1H3,(H2,7,11). The van der Waals surface area contributed by atoms with Crippen LogP contribution in [0.1, 0.15) is 10.4 Å². The van der Waals surface area contributed by atoms with Crippen LogP contribution in [0.15, 0.2) is 12.4 Å². The van der Waals surface area contributed by atoms with Gasteiger partial charge in [-0.25, -0.2) is 4.98 Å². The summed E-state index contributed by atoms with van der Waals surface area (Å²) in [4.78, 5) is 14.2. The Morgan fingerprint density at radius 1 is 1.82 bits per heavy atom. The summed E-state index contributed by atoms with van der Waals surface area (Å²) in [5.74, 6) is -0.534. The van der Waals surface area contributed by atoms with E-state index in [0.717, 1.165) is 0 Å². The molecule has 1 aromatic heterocycles. The number of aryl methyl sites for hydroxylation is 1. The first-order valence-corrected chi connectivity index (χ1v) is 2.98. The molecule has 0 unspecified atom stereocenters. The van der Waals surface area contributed by atoms with Crippen LogP contribution in [0.3, 0.4) is 0 Å². The van der Waals surface area contributed by atoms with Crippen molar-refractivity contribution < 1.29 is 4.79 Å². The minimum absolute atomic E-state index is 0.0926. The van der Waals surface area contributed by atoms with Crippen LogP contribution < -0.4 is 11.4 Å². The Hall–Kier alpha value is -1.65. The lowest BCUT2D eigenvalue weighted by atomic mass is 10.3. The molecule has 0 radical (unpaired) electrons. The van der Waals surface area contributed by atoms with Gasteiger partial charge in [0.2, 0.25) is 5.62 Å². The molecule has 11 heavy (non-hydrogen) atoms. The van der Waals surface area contributed by atoms with E-state index in [4.69, 9.17) is 11.1 Å². The predicted octanol–water partition coefficient (Wildman–Crippen LogP) is -1.00. The number of rotatable bonds is 1. The summed E-state index contributed by atoms with van der Waals surface area (Å²) in [5.41, 5.74) is 5.38. The van der Waals surface area contributed by atoms with Crippen molar-refractivity contribution in [2.24, 2.45) is 12.8 Å². The molecule has 0 spiro atoms. The number of amides is 1. The molecule has 0 aliphatic rings. The normalized spacial score (nSPS) is 9.55. The SMILES string of the molecule is Cn1cc(C(N)=O)cnc1=N. The highest BCUT2D eigenvalue weighted by molar-refractivity contribution is 5.91. The number of nitrogens with one attached hydrogen (secondary N) is 1. The van der Waals surface area contributed by atoms with Gasteiger partial charge in [0.25, 0.3) is 5.91 Å². The van der Waals surface area contributed by atoms with Crippen molar-refractivity contribution in [2.45, 2.75) is 0 Å². The molecule has 1 heterocycles. The number of nitrogens with two attached hydrogens (primary N) is 1. The summed E-state index contributed by atoms with van der Waals surface area (Å²) < 4.78 is 1.42. The largest absolute Gasteiger partial charge is 0.366 e. The Bertz CT molecular complexity index is 341. The minimum atomic E-state index is -0.534. The van der Waals surface area contributed by atoms with Crippen molar-refractivity contribution in [1.82, 2.24) is 9.55 Å². The Morgan fingerprint density at radius 2 is 2.45 bits per heavy atom. The van der Waals surface area contributed by atoms with Crippen molar-refractivity contribution in [2.75, 3.05) is 0 Å². The lowest BCUT2D eigenvalue weighted by Gasteiger charge is -1.98. The van der Waals surface area contributed by atoms with E-state index in [1.807, 2.05) is 0 Å². The molecule has 0 atom stereocenters. The number of hydrogen-bond donors (Lipinski definition) is 2. The van der Waals surface area contributed by atoms with E-state index in [-0.39, 0.29) is 5.62 Å². The van der Waals surface area contributed by atoms with Gasteiger partial charge >= 0.3 is 0 Å². The summed E-state index contributed by atoms with van der Waals surface area (Å²) in [6.45, 7) is 0. The van der Waals surface area contributed by atoms with E-state index >= 15 is 0 Å². The summed E-state index contributed by atoms with van der Waals surface area (Å²) >= 11 is 0. The van der Waals surface area contributed by atoms with E-state index < -0.39 is 5.91 Å². The fourth-order valence-corrected chi connectivity index (χ4v) is 0.652. The average molecular weight is 152 g/mol. The summed E-state index contributed by atoms with van der Waals surface area (Å²) in [7, 11) is 1.63. The van der Waals surface area contributed by atoms with Gasteiger partial charge < -0.3 is 10.3 Å². The zero-order chi connectivity index (χ0) is 8.43. The van der Waals surface area contributed by atoms with Crippen molar-refractivity contribution in [3.63, 3.8) is 0 Å². The van der Waals surface area contributed by atoms with Gasteiger partial charge in [-0.2, -0.15) is 0 Å². The molecule has 5 nitrogen and oxygen atoms in total. The van der Waals surface area contributed by atoms with Crippen molar-refractivity contribution in [3.05, 3.63) is 23.6 Å². The van der Waals surface area contributed by atoms with Gasteiger partial charge in [-0.3, -0.25) is 10.2 Å². The van der Waals surface area contributed by atoms with E-state index in [1.54, 1.807) is 7.05 Å². The maximum Gasteiger partial charge on any atom is 0.251 e. The summed E-state index contributed by atoms with van der Waals surface area (Å²) in [6.07, 6.45) is 2.75. The smallest absolute Gasteiger partial charge is 0.251 e. The maximum atomic E-state index is 10.6. The molecule has 0 saturated carbocycles. The van der Waals surface area contributed by atoms with Gasteiger partial charge in [0.1, 0.15) is 0 Å². The third-order valence-corrected chi connectivity index (χ3v) is 1.28. The molecule has 0 aromatic carbocycles. The highest BCUT2D eigenvalue weighted by Crippen LogP contribution is 1.88. The molecule has 0 fully saturated rings. The first kappa shape index (κ1) is 7.46. The first-order valence-electron chi connectivity index (χ1n) is 2.98. The summed E-state index contributed by atoms with van der Waals surface area (Å²) in [6, 6.07) is 0. The summed E-state index contributed by atoms with van der Waals surface area (Å²) in [5, 5.41) is 7.16. The number of carbonyl (C=O) groups is 1. The minimum Gasteiger partial charge on any atom is -0.366 e. The molecule has 1 rings (SSSR count). The van der Waals surface area contributed by atoms with Gasteiger partial charge in [0.05, 0.1) is 5.56 Å². The first-order chi connectivity index (χ1) is 5.11. The lowest BCUT2D eigenvalue weighted by molar-refractivity contribution is 0.0999. The molecule has 0 saturated heterocycles. The Balaban J connectivity index is 3.26. The zero-order valence-corrected chi connectivity index (χ0v) is 6.03. The van der Waals surface area contributed by atoms with Crippen LogP contribution in [0.25, 0.3) is 0 Å². The Kier molecular flexibility index (Phi) is 1.72. The van der Waals surface area contributed by atoms with Crippen molar-refractivity contribution >= 4 is 5.91 Å². The molecule has 1 amide bonds. The van der Waals surface area contributed by atoms with Crippen molar-refractivity contribution in [1.29, 1.82) is 5.41 Å².